The zero-order valence-electron chi connectivity index (χ0n) is 15.7. The number of ether oxygens (including phenoxy) is 1. The zero-order chi connectivity index (χ0) is 19.8. The van der Waals surface area contributed by atoms with E-state index in [4.69, 9.17) is 4.74 Å². The molecule has 2 aromatic carbocycles. The molecule has 0 aromatic heterocycles. The molecule has 27 heavy (non-hydrogen) atoms. The van der Waals surface area contributed by atoms with Crippen LogP contribution in [0.15, 0.2) is 48.5 Å². The number of hydrogen-bond acceptors (Lipinski definition) is 3. The number of carbonyl (C=O) groups is 2. The van der Waals surface area contributed by atoms with Crippen LogP contribution in [0.5, 0.6) is 5.75 Å². The molecule has 2 N–H and O–H groups in total. The Balaban J connectivity index is 1.80. The van der Waals surface area contributed by atoms with Crippen LogP contribution in [0.1, 0.15) is 13.8 Å². The van der Waals surface area contributed by atoms with Crippen LogP contribution in [0.2, 0.25) is 0 Å². The summed E-state index contributed by atoms with van der Waals surface area (Å²) in [5.41, 5.74) is 1.27. The van der Waals surface area contributed by atoms with Gasteiger partial charge in [-0.1, -0.05) is 26.0 Å². The van der Waals surface area contributed by atoms with Gasteiger partial charge in [-0.15, -0.1) is 0 Å². The molecule has 0 atom stereocenters. The number of halogens is 1. The minimum atomic E-state index is -0.436. The van der Waals surface area contributed by atoms with Gasteiger partial charge in [0.05, 0.1) is 6.54 Å². The molecule has 0 fully saturated rings. The van der Waals surface area contributed by atoms with Crippen molar-refractivity contribution >= 4 is 23.3 Å². The topological polar surface area (TPSA) is 70.7 Å². The number of amides is 3. The van der Waals surface area contributed by atoms with Gasteiger partial charge in [0.1, 0.15) is 6.61 Å². The van der Waals surface area contributed by atoms with Crippen molar-refractivity contribution in [3.05, 3.63) is 54.3 Å². The largest absolute Gasteiger partial charge is 0.489 e. The fraction of sp³-hybridized carbons (Fsp3) is 0.300. The van der Waals surface area contributed by atoms with E-state index in [9.17, 15) is 14.0 Å². The summed E-state index contributed by atoms with van der Waals surface area (Å²) in [5.74, 6) is -0.453. The summed E-state index contributed by atoms with van der Waals surface area (Å²) in [6.45, 7) is 4.10. The van der Waals surface area contributed by atoms with E-state index in [-0.39, 0.29) is 30.2 Å². The van der Waals surface area contributed by atoms with Gasteiger partial charge in [0, 0.05) is 24.3 Å². The Labute approximate surface area is 158 Å². The number of rotatable bonds is 7. The van der Waals surface area contributed by atoms with Crippen LogP contribution in [-0.4, -0.2) is 37.0 Å². The molecule has 0 saturated heterocycles. The van der Waals surface area contributed by atoms with Gasteiger partial charge in [-0.05, 0) is 36.4 Å². The summed E-state index contributed by atoms with van der Waals surface area (Å²) < 4.78 is 18.8. The van der Waals surface area contributed by atoms with Crippen molar-refractivity contribution in [2.45, 2.75) is 13.8 Å². The van der Waals surface area contributed by atoms with Crippen molar-refractivity contribution in [1.82, 2.24) is 4.90 Å². The molecule has 0 heterocycles. The normalized spacial score (nSPS) is 10.4. The van der Waals surface area contributed by atoms with Gasteiger partial charge in [-0.3, -0.25) is 4.79 Å². The number of anilines is 2. The van der Waals surface area contributed by atoms with Crippen LogP contribution in [0.4, 0.5) is 20.6 Å². The first-order valence-electron chi connectivity index (χ1n) is 8.67. The Morgan fingerprint density at radius 1 is 1.04 bits per heavy atom. The van der Waals surface area contributed by atoms with E-state index >= 15 is 0 Å². The number of likely N-dealkylation sites (N-methyl/N-ethyl adjacent to an activating group) is 1. The minimum absolute atomic E-state index is 0.0682. The predicted octanol–water partition coefficient (Wildman–Crippen LogP) is 3.96. The number of carbonyl (C=O) groups excluding carboxylic acids is 2. The lowest BCUT2D eigenvalue weighted by Crippen LogP contribution is -2.34. The Bertz CT molecular complexity index is 778. The highest BCUT2D eigenvalue weighted by atomic mass is 19.1. The first-order chi connectivity index (χ1) is 12.9. The van der Waals surface area contributed by atoms with Gasteiger partial charge in [0.25, 0.3) is 0 Å². The van der Waals surface area contributed by atoms with Crippen LogP contribution >= 0.6 is 0 Å². The predicted molar refractivity (Wildman–Crippen MR) is 103 cm³/mol. The summed E-state index contributed by atoms with van der Waals surface area (Å²) in [4.78, 5) is 25.3. The monoisotopic (exact) mass is 373 g/mol. The van der Waals surface area contributed by atoms with Gasteiger partial charge in [-0.25, -0.2) is 9.18 Å². The molecule has 0 aliphatic rings. The Kier molecular flexibility index (Phi) is 7.16. The van der Waals surface area contributed by atoms with Crippen LogP contribution in [-0.2, 0) is 4.79 Å². The number of urea groups is 1. The van der Waals surface area contributed by atoms with Gasteiger partial charge < -0.3 is 20.3 Å². The van der Waals surface area contributed by atoms with Crippen molar-refractivity contribution in [1.29, 1.82) is 0 Å². The molecule has 6 nitrogen and oxygen atoms in total. The van der Waals surface area contributed by atoms with E-state index in [1.807, 2.05) is 13.8 Å². The van der Waals surface area contributed by atoms with Crippen LogP contribution in [0.3, 0.4) is 0 Å². The lowest BCUT2D eigenvalue weighted by Gasteiger charge is -2.18. The second kappa shape index (κ2) is 9.56. The lowest BCUT2D eigenvalue weighted by atomic mass is 10.2. The van der Waals surface area contributed by atoms with Crippen molar-refractivity contribution in [2.24, 2.45) is 5.92 Å². The standard InChI is InChI=1S/C20H24FN3O3/c1-14(2)19(25)22-15-8-10-16(11-9-15)23-20(26)24(3)12-13-27-18-7-5-4-6-17(18)21/h4-11,14H,12-13H2,1-3H3,(H,22,25)(H,23,26). The third-order valence-corrected chi connectivity index (χ3v) is 3.80. The molecular formula is C20H24FN3O3. The highest BCUT2D eigenvalue weighted by molar-refractivity contribution is 5.93. The number of para-hydroxylation sites is 1. The SMILES string of the molecule is CC(C)C(=O)Nc1ccc(NC(=O)N(C)CCOc2ccccc2F)cc1. The fourth-order valence-electron chi connectivity index (χ4n) is 2.10. The summed E-state index contributed by atoms with van der Waals surface area (Å²) in [6, 6.07) is 12.7. The maximum Gasteiger partial charge on any atom is 0.321 e. The second-order valence-corrected chi connectivity index (χ2v) is 6.35. The molecule has 0 unspecified atom stereocenters. The average Bonchev–Trinajstić information content (AvgIpc) is 2.64. The van der Waals surface area contributed by atoms with Crippen molar-refractivity contribution < 1.29 is 18.7 Å². The third kappa shape index (κ3) is 6.29. The van der Waals surface area contributed by atoms with Crippen molar-refractivity contribution in [3.8, 4) is 5.75 Å². The maximum atomic E-state index is 13.5. The van der Waals surface area contributed by atoms with Gasteiger partial charge in [0.15, 0.2) is 11.6 Å². The second-order valence-electron chi connectivity index (χ2n) is 6.35. The zero-order valence-corrected chi connectivity index (χ0v) is 15.7. The molecule has 2 rings (SSSR count). The summed E-state index contributed by atoms with van der Waals surface area (Å²) in [6.07, 6.45) is 0. The molecule has 2 aromatic rings. The first-order valence-corrected chi connectivity index (χ1v) is 8.67. The Morgan fingerprint density at radius 3 is 2.22 bits per heavy atom. The highest BCUT2D eigenvalue weighted by Crippen LogP contribution is 2.16. The molecule has 0 aliphatic heterocycles. The highest BCUT2D eigenvalue weighted by Gasteiger charge is 2.11. The molecule has 3 amide bonds. The molecule has 0 aliphatic carbocycles. The molecule has 7 heteroatoms. The molecule has 0 saturated carbocycles. The maximum absolute atomic E-state index is 13.5. The molecule has 0 bridgehead atoms. The lowest BCUT2D eigenvalue weighted by molar-refractivity contribution is -0.118. The van der Waals surface area contributed by atoms with E-state index in [1.54, 1.807) is 43.4 Å². The Hall–Kier alpha value is -3.09. The fourth-order valence-corrected chi connectivity index (χ4v) is 2.10. The van der Waals surface area contributed by atoms with Crippen LogP contribution < -0.4 is 15.4 Å². The molecule has 144 valence electrons. The summed E-state index contributed by atoms with van der Waals surface area (Å²) in [5, 5.41) is 5.53. The molecular weight excluding hydrogens is 349 g/mol. The van der Waals surface area contributed by atoms with Gasteiger partial charge in [0.2, 0.25) is 5.91 Å². The van der Waals surface area contributed by atoms with E-state index in [2.05, 4.69) is 10.6 Å². The van der Waals surface area contributed by atoms with Crippen molar-refractivity contribution in [2.75, 3.05) is 30.8 Å². The van der Waals surface area contributed by atoms with E-state index < -0.39 is 5.82 Å². The van der Waals surface area contributed by atoms with Crippen LogP contribution in [0.25, 0.3) is 0 Å². The first kappa shape index (κ1) is 20.2. The average molecular weight is 373 g/mol. The van der Waals surface area contributed by atoms with E-state index in [1.165, 1.54) is 17.0 Å². The summed E-state index contributed by atoms with van der Waals surface area (Å²) >= 11 is 0. The van der Waals surface area contributed by atoms with Crippen LogP contribution in [0, 0.1) is 11.7 Å². The third-order valence-electron chi connectivity index (χ3n) is 3.80. The number of nitrogens with zero attached hydrogens (tertiary/aromatic N) is 1. The number of nitrogens with one attached hydrogen (secondary N) is 2. The number of hydrogen-bond donors (Lipinski definition) is 2. The van der Waals surface area contributed by atoms with Gasteiger partial charge in [-0.2, -0.15) is 0 Å². The Morgan fingerprint density at radius 2 is 1.63 bits per heavy atom. The number of benzene rings is 2. The minimum Gasteiger partial charge on any atom is -0.489 e. The van der Waals surface area contributed by atoms with Gasteiger partial charge >= 0.3 is 6.03 Å². The quantitative estimate of drug-likeness (QED) is 0.772. The molecule has 0 spiro atoms. The smallest absolute Gasteiger partial charge is 0.321 e. The molecule has 0 radical (unpaired) electrons. The van der Waals surface area contributed by atoms with E-state index in [0.29, 0.717) is 17.9 Å². The summed E-state index contributed by atoms with van der Waals surface area (Å²) in [7, 11) is 1.62. The van der Waals surface area contributed by atoms with E-state index in [0.717, 1.165) is 0 Å². The van der Waals surface area contributed by atoms with Crippen molar-refractivity contribution in [3.63, 3.8) is 0 Å².